The summed E-state index contributed by atoms with van der Waals surface area (Å²) >= 11 is 0. The number of hydrogen-bond acceptors (Lipinski definition) is 4. The third kappa shape index (κ3) is 5.08. The van der Waals surface area contributed by atoms with Crippen LogP contribution in [0.4, 0.5) is 5.69 Å². The summed E-state index contributed by atoms with van der Waals surface area (Å²) in [7, 11) is 6.26. The van der Waals surface area contributed by atoms with Gasteiger partial charge in [-0.25, -0.2) is 0 Å². The maximum Gasteiger partial charge on any atom is 0.251 e. The van der Waals surface area contributed by atoms with Crippen LogP contribution in [0.25, 0.3) is 0 Å². The molecule has 1 saturated heterocycles. The van der Waals surface area contributed by atoms with Gasteiger partial charge in [0.15, 0.2) is 0 Å². The summed E-state index contributed by atoms with van der Waals surface area (Å²) in [5.41, 5.74) is 3.14. The fraction of sp³-hybridized carbons (Fsp3) is 0.409. The first kappa shape index (κ1) is 19.4. The monoisotopic (exact) mass is 366 g/mol. The van der Waals surface area contributed by atoms with Gasteiger partial charge in [-0.2, -0.15) is 0 Å². The standard InChI is InChI=1S/C22H30N4O/c1-24(2)20-11-9-18(10-12-20)21(26-15-13-25(3)14-16-26)17-23-22(27)19-7-5-4-6-8-19/h4-12,21H,13-17H2,1-3H3,(H,23,27)/t21-/m1/s1. The van der Waals surface area contributed by atoms with E-state index >= 15 is 0 Å². The smallest absolute Gasteiger partial charge is 0.251 e. The highest BCUT2D eigenvalue weighted by molar-refractivity contribution is 5.94. The lowest BCUT2D eigenvalue weighted by atomic mass is 10.0. The van der Waals surface area contributed by atoms with Gasteiger partial charge < -0.3 is 15.1 Å². The van der Waals surface area contributed by atoms with Crippen molar-refractivity contribution >= 4 is 11.6 Å². The van der Waals surface area contributed by atoms with Crippen LogP contribution in [0.2, 0.25) is 0 Å². The first-order valence-corrected chi connectivity index (χ1v) is 9.58. The van der Waals surface area contributed by atoms with E-state index in [4.69, 9.17) is 0 Å². The van der Waals surface area contributed by atoms with Gasteiger partial charge in [-0.1, -0.05) is 30.3 Å². The summed E-state index contributed by atoms with van der Waals surface area (Å²) in [6, 6.07) is 18.3. The molecule has 1 atom stereocenters. The lowest BCUT2D eigenvalue weighted by Crippen LogP contribution is -2.48. The minimum atomic E-state index is -0.0142. The molecule has 0 saturated carbocycles. The van der Waals surface area contributed by atoms with Crippen molar-refractivity contribution in [3.8, 4) is 0 Å². The number of hydrogen-bond donors (Lipinski definition) is 1. The Balaban J connectivity index is 1.74. The molecule has 0 unspecified atom stereocenters. The molecular weight excluding hydrogens is 336 g/mol. The molecule has 1 aliphatic heterocycles. The number of anilines is 1. The highest BCUT2D eigenvalue weighted by atomic mass is 16.1. The summed E-state index contributed by atoms with van der Waals surface area (Å²) in [5.74, 6) is -0.0142. The molecule has 27 heavy (non-hydrogen) atoms. The maximum atomic E-state index is 12.5. The van der Waals surface area contributed by atoms with Gasteiger partial charge in [0.2, 0.25) is 0 Å². The van der Waals surface area contributed by atoms with Crippen molar-refractivity contribution in [1.29, 1.82) is 0 Å². The SMILES string of the molecule is CN1CCN([C@H](CNC(=O)c2ccccc2)c2ccc(N(C)C)cc2)CC1. The van der Waals surface area contributed by atoms with Gasteiger partial charge in [0.25, 0.3) is 5.91 Å². The minimum absolute atomic E-state index is 0.0142. The van der Waals surface area contributed by atoms with Crippen LogP contribution in [0.5, 0.6) is 0 Å². The predicted octanol–water partition coefficient (Wildman–Crippen LogP) is 2.47. The van der Waals surface area contributed by atoms with Gasteiger partial charge in [-0.15, -0.1) is 0 Å². The zero-order valence-electron chi connectivity index (χ0n) is 16.6. The van der Waals surface area contributed by atoms with Crippen LogP contribution in [-0.4, -0.2) is 69.6 Å². The Morgan fingerprint density at radius 3 is 2.22 bits per heavy atom. The number of benzene rings is 2. The summed E-state index contributed by atoms with van der Waals surface area (Å²) < 4.78 is 0. The fourth-order valence-electron chi connectivity index (χ4n) is 3.47. The van der Waals surface area contributed by atoms with Crippen molar-refractivity contribution in [3.05, 3.63) is 65.7 Å². The normalized spacial score (nSPS) is 16.7. The van der Waals surface area contributed by atoms with E-state index in [0.29, 0.717) is 12.1 Å². The maximum absolute atomic E-state index is 12.5. The van der Waals surface area contributed by atoms with Gasteiger partial charge in [0.1, 0.15) is 0 Å². The number of rotatable bonds is 6. The molecule has 0 radical (unpaired) electrons. The van der Waals surface area contributed by atoms with Gasteiger partial charge in [-0.3, -0.25) is 9.69 Å². The average Bonchev–Trinajstić information content (AvgIpc) is 2.70. The van der Waals surface area contributed by atoms with Gasteiger partial charge >= 0.3 is 0 Å². The quantitative estimate of drug-likeness (QED) is 0.852. The number of nitrogens with zero attached hydrogens (tertiary/aromatic N) is 3. The lowest BCUT2D eigenvalue weighted by Gasteiger charge is -2.38. The Bertz CT molecular complexity index is 722. The second-order valence-electron chi connectivity index (χ2n) is 7.42. The lowest BCUT2D eigenvalue weighted by molar-refractivity contribution is 0.0886. The van der Waals surface area contributed by atoms with Crippen molar-refractivity contribution < 1.29 is 4.79 Å². The van der Waals surface area contributed by atoms with E-state index in [2.05, 4.69) is 51.3 Å². The van der Waals surface area contributed by atoms with Crippen LogP contribution >= 0.6 is 0 Å². The van der Waals surface area contributed by atoms with E-state index in [9.17, 15) is 4.79 Å². The predicted molar refractivity (Wildman–Crippen MR) is 111 cm³/mol. The average molecular weight is 367 g/mol. The van der Waals surface area contributed by atoms with Gasteiger partial charge in [-0.05, 0) is 36.9 Å². The van der Waals surface area contributed by atoms with Crippen LogP contribution in [0.3, 0.4) is 0 Å². The van der Waals surface area contributed by atoms with E-state index in [1.54, 1.807) is 0 Å². The van der Waals surface area contributed by atoms with E-state index in [1.807, 2.05) is 44.4 Å². The van der Waals surface area contributed by atoms with Gasteiger partial charge in [0, 0.05) is 58.1 Å². The molecule has 1 heterocycles. The van der Waals surface area contributed by atoms with Crippen LogP contribution in [0.15, 0.2) is 54.6 Å². The zero-order chi connectivity index (χ0) is 19.2. The Morgan fingerprint density at radius 1 is 1.00 bits per heavy atom. The molecule has 1 fully saturated rings. The number of likely N-dealkylation sites (N-methyl/N-ethyl adjacent to an activating group) is 1. The molecule has 5 nitrogen and oxygen atoms in total. The zero-order valence-corrected chi connectivity index (χ0v) is 16.6. The molecule has 1 N–H and O–H groups in total. The van der Waals surface area contributed by atoms with Crippen molar-refractivity contribution in [2.24, 2.45) is 0 Å². The highest BCUT2D eigenvalue weighted by Crippen LogP contribution is 2.24. The third-order valence-electron chi connectivity index (χ3n) is 5.26. The van der Waals surface area contributed by atoms with Crippen LogP contribution < -0.4 is 10.2 Å². The number of piperazine rings is 1. The van der Waals surface area contributed by atoms with Crippen molar-refractivity contribution in [2.45, 2.75) is 6.04 Å². The number of carbonyl (C=O) groups excluding carboxylic acids is 1. The van der Waals surface area contributed by atoms with Crippen molar-refractivity contribution in [3.63, 3.8) is 0 Å². The molecule has 5 heteroatoms. The molecule has 1 amide bonds. The Kier molecular flexibility index (Phi) is 6.48. The van der Waals surface area contributed by atoms with Crippen LogP contribution in [0, 0.1) is 0 Å². The first-order chi connectivity index (χ1) is 13.0. The molecule has 2 aromatic rings. The second kappa shape index (κ2) is 9.02. The molecule has 0 aromatic heterocycles. The molecule has 144 valence electrons. The summed E-state index contributed by atoms with van der Waals surface area (Å²) in [6.07, 6.45) is 0. The van der Waals surface area contributed by atoms with Crippen molar-refractivity contribution in [2.75, 3.05) is 58.8 Å². The minimum Gasteiger partial charge on any atom is -0.378 e. The summed E-state index contributed by atoms with van der Waals surface area (Å²) in [5, 5.41) is 3.14. The Morgan fingerprint density at radius 2 is 1.63 bits per heavy atom. The number of amides is 1. The molecule has 0 aliphatic carbocycles. The number of nitrogens with one attached hydrogen (secondary N) is 1. The van der Waals surface area contributed by atoms with Crippen molar-refractivity contribution in [1.82, 2.24) is 15.1 Å². The fourth-order valence-corrected chi connectivity index (χ4v) is 3.47. The van der Waals surface area contributed by atoms with Gasteiger partial charge in [0.05, 0.1) is 6.04 Å². The van der Waals surface area contributed by atoms with Crippen LogP contribution in [-0.2, 0) is 0 Å². The Labute approximate surface area is 162 Å². The molecule has 0 bridgehead atoms. The van der Waals surface area contributed by atoms with Crippen LogP contribution in [0.1, 0.15) is 22.0 Å². The molecule has 2 aromatic carbocycles. The third-order valence-corrected chi connectivity index (χ3v) is 5.26. The van der Waals surface area contributed by atoms with E-state index in [1.165, 1.54) is 11.3 Å². The molecular formula is C22H30N4O. The van der Waals surface area contributed by atoms with E-state index in [0.717, 1.165) is 26.2 Å². The molecule has 0 spiro atoms. The Hall–Kier alpha value is -2.37. The first-order valence-electron chi connectivity index (χ1n) is 9.58. The topological polar surface area (TPSA) is 38.8 Å². The number of carbonyl (C=O) groups is 1. The second-order valence-corrected chi connectivity index (χ2v) is 7.42. The summed E-state index contributed by atoms with van der Waals surface area (Å²) in [6.45, 7) is 4.74. The van der Waals surface area contributed by atoms with E-state index in [-0.39, 0.29) is 11.9 Å². The van der Waals surface area contributed by atoms with E-state index < -0.39 is 0 Å². The summed E-state index contributed by atoms with van der Waals surface area (Å²) in [4.78, 5) is 19.5. The largest absolute Gasteiger partial charge is 0.378 e. The molecule has 3 rings (SSSR count). The molecule has 1 aliphatic rings. The highest BCUT2D eigenvalue weighted by Gasteiger charge is 2.24.